The summed E-state index contributed by atoms with van der Waals surface area (Å²) in [5.74, 6) is 1.15. The number of aliphatic hydroxyl groups is 1. The van der Waals surface area contributed by atoms with Gasteiger partial charge in [-0.2, -0.15) is 0 Å². The van der Waals surface area contributed by atoms with Gasteiger partial charge in [0.05, 0.1) is 12.1 Å². The van der Waals surface area contributed by atoms with E-state index in [4.69, 9.17) is 0 Å². The lowest BCUT2D eigenvalue weighted by Gasteiger charge is -2.26. The minimum atomic E-state index is -0.600. The van der Waals surface area contributed by atoms with Crippen LogP contribution in [0.4, 0.5) is 0 Å². The van der Waals surface area contributed by atoms with Gasteiger partial charge in [0.25, 0.3) is 0 Å². The van der Waals surface area contributed by atoms with E-state index in [1.54, 1.807) is 0 Å². The van der Waals surface area contributed by atoms with Crippen molar-refractivity contribution in [3.8, 4) is 11.1 Å². The number of likely N-dealkylation sites (tertiary alicyclic amines) is 1. The molecule has 2 fully saturated rings. The predicted molar refractivity (Wildman–Crippen MR) is 124 cm³/mol. The number of carbonyl (C=O) groups is 1. The molecule has 2 aliphatic rings. The third-order valence-electron chi connectivity index (χ3n) is 6.97. The smallest absolute Gasteiger partial charge is 0.176 e. The molecule has 3 nitrogen and oxygen atoms in total. The molecule has 1 saturated heterocycles. The summed E-state index contributed by atoms with van der Waals surface area (Å²) >= 11 is 0. The van der Waals surface area contributed by atoms with Gasteiger partial charge in [-0.3, -0.25) is 9.69 Å². The van der Waals surface area contributed by atoms with Crippen LogP contribution < -0.4 is 0 Å². The fourth-order valence-corrected chi connectivity index (χ4v) is 5.60. The summed E-state index contributed by atoms with van der Waals surface area (Å²) in [6.45, 7) is 2.28. The van der Waals surface area contributed by atoms with Crippen molar-refractivity contribution in [3.63, 3.8) is 0 Å². The molecule has 1 N–H and O–H groups in total. The molecule has 31 heavy (non-hydrogen) atoms. The van der Waals surface area contributed by atoms with E-state index in [2.05, 4.69) is 35.2 Å². The van der Waals surface area contributed by atoms with Gasteiger partial charge in [0, 0.05) is 25.1 Å². The summed E-state index contributed by atoms with van der Waals surface area (Å²) in [6, 6.07) is 28.4. The third kappa shape index (κ3) is 4.48. The number of Topliss-reactive ketones (excluding diaryl/α,β-unsaturated/α-hetero) is 1. The predicted octanol–water partition coefficient (Wildman–Crippen LogP) is 4.85. The fraction of sp³-hybridized carbons (Fsp3) is 0.321. The SMILES string of the molecule is O=C(CN1C[C@@H]2C[C@@](O)(Cc3ccccc3)C[C@@H]2C1)c1cccc(-c2ccccc2)c1. The number of benzene rings is 3. The maximum atomic E-state index is 13.0. The second-order valence-electron chi connectivity index (χ2n) is 9.38. The lowest BCUT2D eigenvalue weighted by atomic mass is 9.91. The molecule has 0 amide bonds. The highest BCUT2D eigenvalue weighted by Crippen LogP contribution is 2.45. The second kappa shape index (κ2) is 8.41. The summed E-state index contributed by atoms with van der Waals surface area (Å²) in [5.41, 5.74) is 3.59. The Labute approximate surface area is 184 Å². The number of fused-ring (bicyclic) bond motifs is 1. The lowest BCUT2D eigenvalue weighted by Crippen LogP contribution is -2.34. The first-order chi connectivity index (χ1) is 15.1. The first kappa shape index (κ1) is 20.2. The largest absolute Gasteiger partial charge is 0.390 e. The Morgan fingerprint density at radius 3 is 2.13 bits per heavy atom. The van der Waals surface area contributed by atoms with Crippen LogP contribution in [0.15, 0.2) is 84.9 Å². The fourth-order valence-electron chi connectivity index (χ4n) is 5.60. The molecule has 3 aromatic carbocycles. The molecule has 5 rings (SSSR count). The Hall–Kier alpha value is -2.75. The standard InChI is InChI=1S/C28H29NO2/c30-27(24-13-7-12-23(14-24)22-10-5-2-6-11-22)20-29-18-25-16-28(31,17-26(25)19-29)15-21-8-3-1-4-9-21/h1-14,25-26,31H,15-20H2/t25-,26+,28-. The van der Waals surface area contributed by atoms with Gasteiger partial charge in [0.1, 0.15) is 0 Å². The molecule has 1 heterocycles. The van der Waals surface area contributed by atoms with Crippen molar-refractivity contribution >= 4 is 5.78 Å². The summed E-state index contributed by atoms with van der Waals surface area (Å²) in [7, 11) is 0. The number of nitrogens with zero attached hydrogens (tertiary/aromatic N) is 1. The Kier molecular flexibility index (Phi) is 5.47. The quantitative estimate of drug-likeness (QED) is 0.590. The number of ketones is 1. The zero-order valence-corrected chi connectivity index (χ0v) is 17.8. The van der Waals surface area contributed by atoms with Crippen LogP contribution in [0.1, 0.15) is 28.8 Å². The molecule has 0 spiro atoms. The van der Waals surface area contributed by atoms with E-state index in [1.807, 2.05) is 54.6 Å². The van der Waals surface area contributed by atoms with Crippen molar-refractivity contribution in [1.82, 2.24) is 4.90 Å². The summed E-state index contributed by atoms with van der Waals surface area (Å²) in [5, 5.41) is 11.2. The maximum absolute atomic E-state index is 13.0. The summed E-state index contributed by atoms with van der Waals surface area (Å²) < 4.78 is 0. The van der Waals surface area contributed by atoms with Crippen LogP contribution in [-0.4, -0.2) is 41.0 Å². The molecule has 3 heteroatoms. The van der Waals surface area contributed by atoms with E-state index in [-0.39, 0.29) is 5.78 Å². The molecular formula is C28H29NO2. The highest BCUT2D eigenvalue weighted by Gasteiger charge is 2.48. The van der Waals surface area contributed by atoms with Crippen molar-refractivity contribution in [3.05, 3.63) is 96.1 Å². The van der Waals surface area contributed by atoms with E-state index in [0.29, 0.717) is 18.4 Å². The second-order valence-corrected chi connectivity index (χ2v) is 9.38. The van der Waals surface area contributed by atoms with Crippen molar-refractivity contribution in [2.24, 2.45) is 11.8 Å². The minimum Gasteiger partial charge on any atom is -0.390 e. The molecule has 1 saturated carbocycles. The van der Waals surface area contributed by atoms with Gasteiger partial charge in [0.2, 0.25) is 0 Å². The Morgan fingerprint density at radius 2 is 1.45 bits per heavy atom. The molecule has 3 aromatic rings. The van der Waals surface area contributed by atoms with E-state index in [0.717, 1.165) is 49.0 Å². The monoisotopic (exact) mass is 411 g/mol. The van der Waals surface area contributed by atoms with E-state index in [1.165, 1.54) is 5.56 Å². The molecule has 1 aliphatic heterocycles. The Balaban J connectivity index is 1.20. The first-order valence-corrected chi connectivity index (χ1v) is 11.3. The van der Waals surface area contributed by atoms with Gasteiger partial charge in [-0.25, -0.2) is 0 Å². The Morgan fingerprint density at radius 1 is 0.839 bits per heavy atom. The van der Waals surface area contributed by atoms with Crippen molar-refractivity contribution in [2.75, 3.05) is 19.6 Å². The number of rotatable bonds is 6. The average Bonchev–Trinajstić information content (AvgIpc) is 3.28. The van der Waals surface area contributed by atoms with Crippen LogP contribution in [0.2, 0.25) is 0 Å². The first-order valence-electron chi connectivity index (χ1n) is 11.3. The molecule has 0 radical (unpaired) electrons. The molecular weight excluding hydrogens is 382 g/mol. The van der Waals surface area contributed by atoms with Gasteiger partial charge >= 0.3 is 0 Å². The van der Waals surface area contributed by atoms with Crippen LogP contribution >= 0.6 is 0 Å². The summed E-state index contributed by atoms with van der Waals surface area (Å²) in [6.07, 6.45) is 2.40. The molecule has 3 atom stereocenters. The third-order valence-corrected chi connectivity index (χ3v) is 6.97. The molecule has 1 aliphatic carbocycles. The molecule has 158 valence electrons. The lowest BCUT2D eigenvalue weighted by molar-refractivity contribution is 0.0355. The van der Waals surface area contributed by atoms with Crippen LogP contribution in [0.3, 0.4) is 0 Å². The zero-order valence-electron chi connectivity index (χ0n) is 17.8. The molecule has 0 aromatic heterocycles. The number of carbonyl (C=O) groups excluding carboxylic acids is 1. The van der Waals surface area contributed by atoms with Crippen molar-refractivity contribution in [2.45, 2.75) is 24.9 Å². The van der Waals surface area contributed by atoms with Gasteiger partial charge in [-0.15, -0.1) is 0 Å². The zero-order chi connectivity index (χ0) is 21.3. The topological polar surface area (TPSA) is 40.5 Å². The van der Waals surface area contributed by atoms with Crippen LogP contribution in [0, 0.1) is 11.8 Å². The van der Waals surface area contributed by atoms with E-state index >= 15 is 0 Å². The number of hydrogen-bond acceptors (Lipinski definition) is 3. The van der Waals surface area contributed by atoms with Gasteiger partial charge in [-0.05, 0) is 47.4 Å². The van der Waals surface area contributed by atoms with E-state index < -0.39 is 5.60 Å². The highest BCUT2D eigenvalue weighted by molar-refractivity contribution is 5.98. The van der Waals surface area contributed by atoms with Gasteiger partial charge < -0.3 is 5.11 Å². The number of hydrogen-bond donors (Lipinski definition) is 1. The van der Waals surface area contributed by atoms with Crippen LogP contribution in [0.25, 0.3) is 11.1 Å². The van der Waals surface area contributed by atoms with Crippen molar-refractivity contribution in [1.29, 1.82) is 0 Å². The highest BCUT2D eigenvalue weighted by atomic mass is 16.3. The minimum absolute atomic E-state index is 0.178. The average molecular weight is 412 g/mol. The summed E-state index contributed by atoms with van der Waals surface area (Å²) in [4.78, 5) is 15.3. The molecule has 0 bridgehead atoms. The maximum Gasteiger partial charge on any atom is 0.176 e. The van der Waals surface area contributed by atoms with Gasteiger partial charge in [0.15, 0.2) is 5.78 Å². The molecule has 0 unspecified atom stereocenters. The van der Waals surface area contributed by atoms with Gasteiger partial charge in [-0.1, -0.05) is 78.9 Å². The van der Waals surface area contributed by atoms with Crippen molar-refractivity contribution < 1.29 is 9.90 Å². The van der Waals surface area contributed by atoms with E-state index in [9.17, 15) is 9.90 Å². The van der Waals surface area contributed by atoms with Crippen LogP contribution in [-0.2, 0) is 6.42 Å². The van der Waals surface area contributed by atoms with Crippen LogP contribution in [0.5, 0.6) is 0 Å². The Bertz CT molecular complexity index is 1030. The normalized spacial score (nSPS) is 25.5.